The van der Waals surface area contributed by atoms with Gasteiger partial charge in [0.2, 0.25) is 5.91 Å². The highest BCUT2D eigenvalue weighted by Gasteiger charge is 2.33. The Kier molecular flexibility index (Phi) is 5.64. The summed E-state index contributed by atoms with van der Waals surface area (Å²) in [5.41, 5.74) is 0. The number of piperidine rings is 1. The second-order valence-corrected chi connectivity index (χ2v) is 5.83. The number of likely N-dealkylation sites (tertiary alicyclic amines) is 1. The molecule has 0 saturated carbocycles. The van der Waals surface area contributed by atoms with Gasteiger partial charge in [0.25, 0.3) is 0 Å². The predicted octanol–water partition coefficient (Wildman–Crippen LogP) is 1.32. The van der Waals surface area contributed by atoms with E-state index in [9.17, 15) is 4.79 Å². The van der Waals surface area contributed by atoms with E-state index < -0.39 is 0 Å². The fourth-order valence-electron chi connectivity index (χ4n) is 3.66. The summed E-state index contributed by atoms with van der Waals surface area (Å²) in [4.78, 5) is 16.7. The first-order valence-corrected chi connectivity index (χ1v) is 7.98. The van der Waals surface area contributed by atoms with Crippen LogP contribution in [0.1, 0.15) is 39.5 Å². The Balaban J connectivity index is 1.89. The highest BCUT2D eigenvalue weighted by atomic mass is 16.2. The van der Waals surface area contributed by atoms with Crippen molar-refractivity contribution < 1.29 is 4.79 Å². The Morgan fingerprint density at radius 2 is 1.89 bits per heavy atom. The van der Waals surface area contributed by atoms with Gasteiger partial charge in [-0.25, -0.2) is 0 Å². The normalized spacial score (nSPS) is 25.7. The van der Waals surface area contributed by atoms with Crippen molar-refractivity contribution in [3.63, 3.8) is 0 Å². The molecule has 1 atom stereocenters. The maximum absolute atomic E-state index is 12.3. The summed E-state index contributed by atoms with van der Waals surface area (Å²) in [6, 6.07) is 0.654. The van der Waals surface area contributed by atoms with Crippen molar-refractivity contribution in [3.05, 3.63) is 0 Å². The van der Waals surface area contributed by atoms with Gasteiger partial charge in [-0.2, -0.15) is 0 Å². The van der Waals surface area contributed by atoms with E-state index in [0.717, 1.165) is 38.6 Å². The number of nitrogens with zero attached hydrogens (tertiary/aromatic N) is 2. The Morgan fingerprint density at radius 3 is 2.53 bits per heavy atom. The number of carbonyl (C=O) groups excluding carboxylic acids is 1. The van der Waals surface area contributed by atoms with Gasteiger partial charge in [-0.3, -0.25) is 9.69 Å². The zero-order valence-electron chi connectivity index (χ0n) is 12.5. The van der Waals surface area contributed by atoms with Gasteiger partial charge in [0.15, 0.2) is 0 Å². The molecule has 2 aliphatic heterocycles. The number of nitrogens with one attached hydrogen (secondary N) is 1. The van der Waals surface area contributed by atoms with E-state index >= 15 is 0 Å². The van der Waals surface area contributed by atoms with Crippen molar-refractivity contribution >= 4 is 5.91 Å². The van der Waals surface area contributed by atoms with E-state index in [-0.39, 0.29) is 0 Å². The van der Waals surface area contributed by atoms with Gasteiger partial charge in [-0.15, -0.1) is 0 Å². The molecule has 0 aromatic carbocycles. The zero-order chi connectivity index (χ0) is 13.7. The molecule has 0 bridgehead atoms. The van der Waals surface area contributed by atoms with Crippen LogP contribution in [0, 0.1) is 5.92 Å². The smallest absolute Gasteiger partial charge is 0.236 e. The molecule has 110 valence electrons. The molecule has 0 spiro atoms. The standard InChI is InChI=1S/C15H29N3O/c1-3-17(4-2)15(19)12-18-11-5-6-14(18)13-7-9-16-10-8-13/h13-14,16H,3-12H2,1-2H3. The molecule has 1 unspecified atom stereocenters. The molecule has 2 fully saturated rings. The average molecular weight is 267 g/mol. The van der Waals surface area contributed by atoms with Crippen LogP contribution in [-0.2, 0) is 4.79 Å². The van der Waals surface area contributed by atoms with Crippen LogP contribution in [-0.4, -0.2) is 61.0 Å². The molecule has 2 heterocycles. The zero-order valence-corrected chi connectivity index (χ0v) is 12.5. The summed E-state index contributed by atoms with van der Waals surface area (Å²) >= 11 is 0. The maximum atomic E-state index is 12.3. The van der Waals surface area contributed by atoms with Crippen LogP contribution in [0.2, 0.25) is 0 Å². The SMILES string of the molecule is CCN(CC)C(=O)CN1CCCC1C1CCNCC1. The summed E-state index contributed by atoms with van der Waals surface area (Å²) < 4.78 is 0. The van der Waals surface area contributed by atoms with Gasteiger partial charge in [-0.05, 0) is 65.1 Å². The molecule has 2 saturated heterocycles. The Labute approximate surface area is 117 Å². The molecule has 4 heteroatoms. The first-order chi connectivity index (χ1) is 9.26. The van der Waals surface area contributed by atoms with Crippen LogP contribution in [0.3, 0.4) is 0 Å². The molecule has 0 aromatic rings. The van der Waals surface area contributed by atoms with E-state index in [4.69, 9.17) is 0 Å². The lowest BCUT2D eigenvalue weighted by Gasteiger charge is -2.34. The minimum absolute atomic E-state index is 0.311. The largest absolute Gasteiger partial charge is 0.342 e. The number of amides is 1. The molecule has 0 aliphatic carbocycles. The maximum Gasteiger partial charge on any atom is 0.236 e. The number of carbonyl (C=O) groups is 1. The molecule has 2 aliphatic rings. The van der Waals surface area contributed by atoms with Gasteiger partial charge in [0, 0.05) is 19.1 Å². The monoisotopic (exact) mass is 267 g/mol. The van der Waals surface area contributed by atoms with Gasteiger partial charge >= 0.3 is 0 Å². The molecule has 0 radical (unpaired) electrons. The van der Waals surface area contributed by atoms with Crippen molar-refractivity contribution in [2.45, 2.75) is 45.6 Å². The van der Waals surface area contributed by atoms with E-state index in [1.165, 1.54) is 25.7 Å². The second-order valence-electron chi connectivity index (χ2n) is 5.83. The van der Waals surface area contributed by atoms with Gasteiger partial charge in [0.05, 0.1) is 6.54 Å². The molecule has 4 nitrogen and oxygen atoms in total. The van der Waals surface area contributed by atoms with Crippen LogP contribution in [0.4, 0.5) is 0 Å². The van der Waals surface area contributed by atoms with Crippen LogP contribution in [0.5, 0.6) is 0 Å². The summed E-state index contributed by atoms with van der Waals surface area (Å²) in [6.07, 6.45) is 5.11. The first kappa shape index (κ1) is 14.8. The van der Waals surface area contributed by atoms with Crippen LogP contribution in [0.15, 0.2) is 0 Å². The first-order valence-electron chi connectivity index (χ1n) is 7.98. The summed E-state index contributed by atoms with van der Waals surface area (Å²) in [6.45, 7) is 9.85. The Morgan fingerprint density at radius 1 is 1.21 bits per heavy atom. The van der Waals surface area contributed by atoms with Crippen molar-refractivity contribution in [2.24, 2.45) is 5.92 Å². The van der Waals surface area contributed by atoms with Crippen LogP contribution < -0.4 is 5.32 Å². The molecule has 1 amide bonds. The highest BCUT2D eigenvalue weighted by molar-refractivity contribution is 5.78. The quantitative estimate of drug-likeness (QED) is 0.816. The second kappa shape index (κ2) is 7.25. The van der Waals surface area contributed by atoms with E-state index in [2.05, 4.69) is 24.1 Å². The van der Waals surface area contributed by atoms with Crippen molar-refractivity contribution in [3.8, 4) is 0 Å². The molecular formula is C15H29N3O. The van der Waals surface area contributed by atoms with Gasteiger partial charge < -0.3 is 10.2 Å². The van der Waals surface area contributed by atoms with Crippen LogP contribution >= 0.6 is 0 Å². The number of likely N-dealkylation sites (N-methyl/N-ethyl adjacent to an activating group) is 1. The Hall–Kier alpha value is -0.610. The number of rotatable bonds is 5. The molecule has 2 rings (SSSR count). The number of hydrogen-bond acceptors (Lipinski definition) is 3. The minimum Gasteiger partial charge on any atom is -0.342 e. The molecule has 19 heavy (non-hydrogen) atoms. The molecule has 0 aromatic heterocycles. The van der Waals surface area contributed by atoms with E-state index in [0.29, 0.717) is 18.5 Å². The minimum atomic E-state index is 0.311. The number of hydrogen-bond donors (Lipinski definition) is 1. The summed E-state index contributed by atoms with van der Waals surface area (Å²) in [5, 5.41) is 3.44. The molecular weight excluding hydrogens is 238 g/mol. The highest BCUT2D eigenvalue weighted by Crippen LogP contribution is 2.29. The average Bonchev–Trinajstić information content (AvgIpc) is 2.89. The third kappa shape index (κ3) is 3.69. The van der Waals surface area contributed by atoms with Crippen molar-refractivity contribution in [1.82, 2.24) is 15.1 Å². The van der Waals surface area contributed by atoms with E-state index in [1.807, 2.05) is 4.90 Å². The third-order valence-electron chi connectivity index (χ3n) is 4.80. The summed E-state index contributed by atoms with van der Waals surface area (Å²) in [5.74, 6) is 1.11. The van der Waals surface area contributed by atoms with E-state index in [1.54, 1.807) is 0 Å². The van der Waals surface area contributed by atoms with Gasteiger partial charge in [-0.1, -0.05) is 0 Å². The van der Waals surface area contributed by atoms with Crippen LogP contribution in [0.25, 0.3) is 0 Å². The van der Waals surface area contributed by atoms with Crippen molar-refractivity contribution in [2.75, 3.05) is 39.3 Å². The molecule has 1 N–H and O–H groups in total. The fourth-order valence-corrected chi connectivity index (χ4v) is 3.66. The third-order valence-corrected chi connectivity index (χ3v) is 4.80. The predicted molar refractivity (Wildman–Crippen MR) is 78.1 cm³/mol. The van der Waals surface area contributed by atoms with Gasteiger partial charge in [0.1, 0.15) is 0 Å². The topological polar surface area (TPSA) is 35.6 Å². The Bertz CT molecular complexity index is 285. The van der Waals surface area contributed by atoms with Crippen molar-refractivity contribution in [1.29, 1.82) is 0 Å². The fraction of sp³-hybridized carbons (Fsp3) is 0.933. The lowest BCUT2D eigenvalue weighted by Crippen LogP contribution is -2.46. The lowest BCUT2D eigenvalue weighted by molar-refractivity contribution is -0.132. The summed E-state index contributed by atoms with van der Waals surface area (Å²) in [7, 11) is 0. The lowest BCUT2D eigenvalue weighted by atomic mass is 9.89.